The van der Waals surface area contributed by atoms with Gasteiger partial charge in [-0.05, 0) is 25.2 Å². The van der Waals surface area contributed by atoms with Crippen molar-refractivity contribution in [1.29, 1.82) is 0 Å². The minimum atomic E-state index is 0.249. The third-order valence-electron chi connectivity index (χ3n) is 2.31. The highest BCUT2D eigenvalue weighted by Crippen LogP contribution is 2.33. The molecular formula is C8H13O. The molecule has 0 saturated heterocycles. The molecule has 1 aliphatic carbocycles. The summed E-state index contributed by atoms with van der Waals surface area (Å²) in [4.78, 5) is 10.2. The van der Waals surface area contributed by atoms with E-state index in [0.29, 0.717) is 5.92 Å². The van der Waals surface area contributed by atoms with Gasteiger partial charge in [-0.15, -0.1) is 0 Å². The van der Waals surface area contributed by atoms with Gasteiger partial charge in [0.25, 0.3) is 0 Å². The fourth-order valence-corrected chi connectivity index (χ4v) is 1.36. The third kappa shape index (κ3) is 1.32. The Morgan fingerprint density at radius 2 is 2.33 bits per heavy atom. The van der Waals surface area contributed by atoms with Gasteiger partial charge in [0.1, 0.15) is 0 Å². The van der Waals surface area contributed by atoms with E-state index in [-0.39, 0.29) is 5.92 Å². The normalized spacial score (nSPS) is 22.8. The van der Waals surface area contributed by atoms with Crippen molar-refractivity contribution in [2.45, 2.75) is 32.6 Å². The van der Waals surface area contributed by atoms with E-state index in [1.807, 2.05) is 0 Å². The minimum Gasteiger partial charge on any atom is -0.291 e. The Labute approximate surface area is 56.4 Å². The van der Waals surface area contributed by atoms with Crippen LogP contribution in [0.2, 0.25) is 0 Å². The maximum absolute atomic E-state index is 10.2. The number of rotatable bonds is 3. The molecule has 0 aromatic heterocycles. The highest BCUT2D eigenvalue weighted by Gasteiger charge is 2.25. The van der Waals surface area contributed by atoms with Gasteiger partial charge in [0, 0.05) is 5.92 Å². The first-order valence-corrected chi connectivity index (χ1v) is 3.76. The minimum absolute atomic E-state index is 0.249. The molecular weight excluding hydrogens is 112 g/mol. The molecule has 1 heteroatoms. The Morgan fingerprint density at radius 3 is 2.44 bits per heavy atom. The molecule has 0 aromatic rings. The first-order valence-electron chi connectivity index (χ1n) is 3.76. The van der Waals surface area contributed by atoms with E-state index in [9.17, 15) is 4.79 Å². The Bertz CT molecular complexity index is 94.7. The number of hydrogen-bond acceptors (Lipinski definition) is 1. The Morgan fingerprint density at radius 1 is 1.67 bits per heavy atom. The number of hydrogen-bond donors (Lipinski definition) is 0. The van der Waals surface area contributed by atoms with Crippen molar-refractivity contribution in [2.75, 3.05) is 0 Å². The van der Waals surface area contributed by atoms with Crippen LogP contribution in [0.5, 0.6) is 0 Å². The average molecular weight is 125 g/mol. The molecule has 0 spiro atoms. The Balaban J connectivity index is 2.27. The van der Waals surface area contributed by atoms with Crippen LogP contribution in [-0.4, -0.2) is 6.29 Å². The van der Waals surface area contributed by atoms with Crippen LogP contribution in [0.4, 0.5) is 0 Å². The van der Waals surface area contributed by atoms with Crippen LogP contribution >= 0.6 is 0 Å². The van der Waals surface area contributed by atoms with Crippen LogP contribution in [0.1, 0.15) is 32.6 Å². The molecule has 0 heterocycles. The van der Waals surface area contributed by atoms with Crippen molar-refractivity contribution in [3.05, 3.63) is 0 Å². The van der Waals surface area contributed by atoms with Crippen LogP contribution in [0.3, 0.4) is 0 Å². The zero-order valence-corrected chi connectivity index (χ0v) is 5.89. The predicted molar refractivity (Wildman–Crippen MR) is 36.8 cm³/mol. The van der Waals surface area contributed by atoms with E-state index in [0.717, 1.165) is 6.42 Å². The Hall–Kier alpha value is -0.330. The van der Waals surface area contributed by atoms with Gasteiger partial charge in [0.2, 0.25) is 6.29 Å². The van der Waals surface area contributed by atoms with E-state index in [1.165, 1.54) is 19.3 Å². The maximum Gasteiger partial charge on any atom is 0.202 e. The van der Waals surface area contributed by atoms with Gasteiger partial charge in [-0.1, -0.05) is 13.3 Å². The van der Waals surface area contributed by atoms with Crippen molar-refractivity contribution in [3.63, 3.8) is 0 Å². The molecule has 0 aliphatic heterocycles. The molecule has 1 rings (SSSR count). The lowest BCUT2D eigenvalue weighted by molar-refractivity contribution is 0.245. The lowest BCUT2D eigenvalue weighted by Crippen LogP contribution is -2.22. The molecule has 0 aromatic carbocycles. The summed E-state index contributed by atoms with van der Waals surface area (Å²) in [6.07, 6.45) is 6.92. The SMILES string of the molecule is CCC([C]=O)C1CCC1. The van der Waals surface area contributed by atoms with Gasteiger partial charge in [0.15, 0.2) is 0 Å². The largest absolute Gasteiger partial charge is 0.291 e. The summed E-state index contributed by atoms with van der Waals surface area (Å²) in [5.41, 5.74) is 0. The molecule has 1 saturated carbocycles. The Kier molecular flexibility index (Phi) is 2.26. The van der Waals surface area contributed by atoms with Gasteiger partial charge in [-0.2, -0.15) is 0 Å². The molecule has 1 aliphatic rings. The van der Waals surface area contributed by atoms with Crippen LogP contribution in [0.15, 0.2) is 0 Å². The molecule has 1 nitrogen and oxygen atoms in total. The quantitative estimate of drug-likeness (QED) is 0.563. The average Bonchev–Trinajstić information content (AvgIpc) is 1.78. The summed E-state index contributed by atoms with van der Waals surface area (Å²) in [6, 6.07) is 0. The number of carbonyl (C=O) groups excluding carboxylic acids is 1. The molecule has 1 radical (unpaired) electrons. The predicted octanol–water partition coefficient (Wildman–Crippen LogP) is 1.92. The highest BCUT2D eigenvalue weighted by atomic mass is 16.1. The summed E-state index contributed by atoms with van der Waals surface area (Å²) in [5, 5.41) is 0. The fraction of sp³-hybridized carbons (Fsp3) is 0.875. The zero-order chi connectivity index (χ0) is 6.69. The summed E-state index contributed by atoms with van der Waals surface area (Å²) >= 11 is 0. The van der Waals surface area contributed by atoms with E-state index < -0.39 is 0 Å². The van der Waals surface area contributed by atoms with Crippen LogP contribution < -0.4 is 0 Å². The lowest BCUT2D eigenvalue weighted by atomic mass is 9.75. The van der Waals surface area contributed by atoms with E-state index in [2.05, 4.69) is 13.2 Å². The zero-order valence-electron chi connectivity index (χ0n) is 5.89. The van der Waals surface area contributed by atoms with Crippen molar-refractivity contribution >= 4 is 6.29 Å². The third-order valence-corrected chi connectivity index (χ3v) is 2.31. The summed E-state index contributed by atoms with van der Waals surface area (Å²) in [6.45, 7) is 2.06. The van der Waals surface area contributed by atoms with Crippen molar-refractivity contribution in [1.82, 2.24) is 0 Å². The summed E-state index contributed by atoms with van der Waals surface area (Å²) in [7, 11) is 0. The molecule has 0 amide bonds. The first-order chi connectivity index (χ1) is 4.38. The maximum atomic E-state index is 10.2. The van der Waals surface area contributed by atoms with Gasteiger partial charge in [0.05, 0.1) is 0 Å². The topological polar surface area (TPSA) is 17.1 Å². The molecule has 51 valence electrons. The molecule has 0 N–H and O–H groups in total. The van der Waals surface area contributed by atoms with Crippen molar-refractivity contribution in [3.8, 4) is 0 Å². The summed E-state index contributed by atoms with van der Waals surface area (Å²) < 4.78 is 0. The molecule has 9 heavy (non-hydrogen) atoms. The van der Waals surface area contributed by atoms with Crippen LogP contribution in [-0.2, 0) is 4.79 Å². The van der Waals surface area contributed by atoms with E-state index in [4.69, 9.17) is 0 Å². The highest BCUT2D eigenvalue weighted by molar-refractivity contribution is 5.55. The van der Waals surface area contributed by atoms with Gasteiger partial charge < -0.3 is 0 Å². The smallest absolute Gasteiger partial charge is 0.202 e. The second-order valence-corrected chi connectivity index (χ2v) is 2.82. The van der Waals surface area contributed by atoms with Crippen LogP contribution in [0, 0.1) is 11.8 Å². The van der Waals surface area contributed by atoms with Crippen molar-refractivity contribution < 1.29 is 4.79 Å². The summed E-state index contributed by atoms with van der Waals surface area (Å²) in [5.74, 6) is 0.936. The van der Waals surface area contributed by atoms with Gasteiger partial charge in [-0.25, -0.2) is 0 Å². The van der Waals surface area contributed by atoms with Crippen molar-refractivity contribution in [2.24, 2.45) is 11.8 Å². The second-order valence-electron chi connectivity index (χ2n) is 2.82. The van der Waals surface area contributed by atoms with Gasteiger partial charge >= 0.3 is 0 Å². The monoisotopic (exact) mass is 125 g/mol. The standard InChI is InChI=1S/C8H13O/c1-2-7(6-9)8-4-3-5-8/h7-8H,2-5H2,1H3. The van der Waals surface area contributed by atoms with Gasteiger partial charge in [-0.3, -0.25) is 4.79 Å². The fourth-order valence-electron chi connectivity index (χ4n) is 1.36. The molecule has 0 bridgehead atoms. The molecule has 1 fully saturated rings. The van der Waals surface area contributed by atoms with Crippen LogP contribution in [0.25, 0.3) is 0 Å². The molecule has 1 atom stereocenters. The van der Waals surface area contributed by atoms with E-state index in [1.54, 1.807) is 0 Å². The first kappa shape index (κ1) is 6.79. The lowest BCUT2D eigenvalue weighted by Gasteiger charge is -2.29. The second kappa shape index (κ2) is 3.00. The van der Waals surface area contributed by atoms with E-state index >= 15 is 0 Å². The molecule has 1 unspecified atom stereocenters.